The number of thioether (sulfide) groups is 1. The fraction of sp³-hybridized carbons (Fsp3) is 0.333. The molecule has 0 saturated heterocycles. The summed E-state index contributed by atoms with van der Waals surface area (Å²) in [5, 5.41) is 10.9. The third-order valence-electron chi connectivity index (χ3n) is 3.34. The van der Waals surface area contributed by atoms with E-state index in [4.69, 9.17) is 5.73 Å². The molecule has 2 aromatic rings. The lowest BCUT2D eigenvalue weighted by Crippen LogP contribution is -2.05. The van der Waals surface area contributed by atoms with Gasteiger partial charge in [0.1, 0.15) is 0 Å². The van der Waals surface area contributed by atoms with Crippen molar-refractivity contribution in [3.8, 4) is 0 Å². The molecule has 20 heavy (non-hydrogen) atoms. The Labute approximate surface area is 123 Å². The lowest BCUT2D eigenvalue weighted by Gasteiger charge is -2.13. The van der Waals surface area contributed by atoms with Crippen LogP contribution >= 0.6 is 11.8 Å². The van der Waals surface area contributed by atoms with E-state index in [1.165, 1.54) is 11.8 Å². The number of para-hydroxylation sites is 1. The van der Waals surface area contributed by atoms with Crippen molar-refractivity contribution >= 4 is 17.4 Å². The van der Waals surface area contributed by atoms with Crippen molar-refractivity contribution in [2.45, 2.75) is 32.0 Å². The smallest absolute Gasteiger partial charge is 0.188 e. The van der Waals surface area contributed by atoms with Gasteiger partial charge in [-0.15, -0.1) is 0 Å². The first-order valence-electron chi connectivity index (χ1n) is 6.46. The standard InChI is InChI=1S/C15H19N3OS/c1-9-10(2)17-15(18-11(9)3)20-8-14(19)12-6-4-5-7-13(12)16/h4-7,14,19H,8,16H2,1-3H3. The van der Waals surface area contributed by atoms with Crippen LogP contribution in [0.3, 0.4) is 0 Å². The highest BCUT2D eigenvalue weighted by Crippen LogP contribution is 2.26. The molecule has 0 aliphatic rings. The van der Waals surface area contributed by atoms with Gasteiger partial charge in [0.25, 0.3) is 0 Å². The van der Waals surface area contributed by atoms with Crippen LogP contribution in [0.25, 0.3) is 0 Å². The molecule has 2 rings (SSSR count). The van der Waals surface area contributed by atoms with Gasteiger partial charge in [0.2, 0.25) is 0 Å². The SMILES string of the molecule is Cc1nc(SCC(O)c2ccccc2N)nc(C)c1C. The van der Waals surface area contributed by atoms with E-state index in [2.05, 4.69) is 9.97 Å². The van der Waals surface area contributed by atoms with Crippen LogP contribution in [0.4, 0.5) is 5.69 Å². The minimum absolute atomic E-state index is 0.482. The highest BCUT2D eigenvalue weighted by atomic mass is 32.2. The maximum Gasteiger partial charge on any atom is 0.188 e. The maximum absolute atomic E-state index is 10.2. The van der Waals surface area contributed by atoms with Gasteiger partial charge in [-0.05, 0) is 32.4 Å². The van der Waals surface area contributed by atoms with Crippen LogP contribution in [0.15, 0.2) is 29.4 Å². The van der Waals surface area contributed by atoms with Crippen LogP contribution in [0.1, 0.15) is 28.6 Å². The Morgan fingerprint density at radius 3 is 2.35 bits per heavy atom. The van der Waals surface area contributed by atoms with E-state index in [1.54, 1.807) is 6.07 Å². The Balaban J connectivity index is 2.07. The number of rotatable bonds is 4. The molecule has 0 radical (unpaired) electrons. The van der Waals surface area contributed by atoms with Crippen LogP contribution in [0.2, 0.25) is 0 Å². The van der Waals surface area contributed by atoms with Crippen molar-refractivity contribution in [2.75, 3.05) is 11.5 Å². The largest absolute Gasteiger partial charge is 0.398 e. The molecule has 4 nitrogen and oxygen atoms in total. The summed E-state index contributed by atoms with van der Waals surface area (Å²) >= 11 is 1.44. The van der Waals surface area contributed by atoms with E-state index in [0.717, 1.165) is 22.5 Å². The molecule has 5 heteroatoms. The second-order valence-corrected chi connectivity index (χ2v) is 5.74. The molecule has 3 N–H and O–H groups in total. The van der Waals surface area contributed by atoms with Crippen LogP contribution in [-0.4, -0.2) is 20.8 Å². The Bertz CT molecular complexity index is 593. The molecule has 1 aromatic heterocycles. The number of nitrogens with two attached hydrogens (primary N) is 1. The maximum atomic E-state index is 10.2. The van der Waals surface area contributed by atoms with Gasteiger partial charge in [-0.1, -0.05) is 30.0 Å². The molecule has 1 unspecified atom stereocenters. The van der Waals surface area contributed by atoms with Gasteiger partial charge < -0.3 is 10.8 Å². The second kappa shape index (κ2) is 6.24. The van der Waals surface area contributed by atoms with Crippen molar-refractivity contribution in [3.05, 3.63) is 46.8 Å². The summed E-state index contributed by atoms with van der Waals surface area (Å²) in [5.74, 6) is 0.482. The molecular formula is C15H19N3OS. The predicted molar refractivity (Wildman–Crippen MR) is 82.8 cm³/mol. The van der Waals surface area contributed by atoms with Crippen molar-refractivity contribution < 1.29 is 5.11 Å². The topological polar surface area (TPSA) is 72.0 Å². The molecule has 0 amide bonds. The molecule has 1 heterocycles. The van der Waals surface area contributed by atoms with E-state index < -0.39 is 6.10 Å². The quantitative estimate of drug-likeness (QED) is 0.514. The molecule has 0 saturated carbocycles. The average molecular weight is 289 g/mol. The van der Waals surface area contributed by atoms with Gasteiger partial charge in [0.15, 0.2) is 5.16 Å². The molecule has 1 atom stereocenters. The zero-order valence-electron chi connectivity index (χ0n) is 11.9. The van der Waals surface area contributed by atoms with E-state index in [-0.39, 0.29) is 0 Å². The predicted octanol–water partition coefficient (Wildman–Crippen LogP) is 2.81. The highest BCUT2D eigenvalue weighted by molar-refractivity contribution is 7.99. The summed E-state index contributed by atoms with van der Waals surface area (Å²) in [6, 6.07) is 7.36. The number of nitrogen functional groups attached to an aromatic ring is 1. The normalized spacial score (nSPS) is 12.4. The lowest BCUT2D eigenvalue weighted by molar-refractivity contribution is 0.205. The zero-order chi connectivity index (χ0) is 14.7. The van der Waals surface area contributed by atoms with Gasteiger partial charge in [-0.25, -0.2) is 9.97 Å². The second-order valence-electron chi connectivity index (χ2n) is 4.76. The van der Waals surface area contributed by atoms with Crippen LogP contribution in [0.5, 0.6) is 0 Å². The number of anilines is 1. The van der Waals surface area contributed by atoms with Gasteiger partial charge in [-0.2, -0.15) is 0 Å². The highest BCUT2D eigenvalue weighted by Gasteiger charge is 2.13. The third-order valence-corrected chi connectivity index (χ3v) is 4.26. The number of aryl methyl sites for hydroxylation is 2. The van der Waals surface area contributed by atoms with E-state index in [1.807, 2.05) is 39.0 Å². The van der Waals surface area contributed by atoms with Gasteiger partial charge in [-0.3, -0.25) is 0 Å². The molecule has 106 valence electrons. The minimum Gasteiger partial charge on any atom is -0.398 e. The summed E-state index contributed by atoms with van der Waals surface area (Å²) in [6.07, 6.45) is -0.619. The lowest BCUT2D eigenvalue weighted by atomic mass is 10.1. The Kier molecular flexibility index (Phi) is 4.62. The summed E-state index contributed by atoms with van der Waals surface area (Å²) in [7, 11) is 0. The Morgan fingerprint density at radius 1 is 1.15 bits per heavy atom. The number of hydrogen-bond acceptors (Lipinski definition) is 5. The molecule has 1 aromatic carbocycles. The minimum atomic E-state index is -0.619. The van der Waals surface area contributed by atoms with Crippen molar-refractivity contribution in [3.63, 3.8) is 0 Å². The first-order valence-corrected chi connectivity index (χ1v) is 7.44. The number of hydrogen-bond donors (Lipinski definition) is 2. The zero-order valence-corrected chi connectivity index (χ0v) is 12.7. The number of nitrogens with zero attached hydrogens (tertiary/aromatic N) is 2. The summed E-state index contributed by atoms with van der Waals surface area (Å²) in [4.78, 5) is 8.86. The molecule has 0 bridgehead atoms. The van der Waals surface area contributed by atoms with Crippen LogP contribution in [-0.2, 0) is 0 Å². The summed E-state index contributed by atoms with van der Waals surface area (Å²) < 4.78 is 0. The molecule has 0 spiro atoms. The molecular weight excluding hydrogens is 270 g/mol. The third kappa shape index (κ3) is 3.29. The fourth-order valence-electron chi connectivity index (χ4n) is 1.86. The number of aliphatic hydroxyl groups is 1. The first kappa shape index (κ1) is 14.8. The fourth-order valence-corrected chi connectivity index (χ4v) is 2.75. The summed E-state index contributed by atoms with van der Waals surface area (Å²) in [6.45, 7) is 5.96. The van der Waals surface area contributed by atoms with E-state index in [0.29, 0.717) is 16.6 Å². The monoisotopic (exact) mass is 289 g/mol. The Hall–Kier alpha value is -1.59. The van der Waals surface area contributed by atoms with Gasteiger partial charge in [0, 0.05) is 28.4 Å². The van der Waals surface area contributed by atoms with E-state index in [9.17, 15) is 5.11 Å². The van der Waals surface area contributed by atoms with Gasteiger partial charge >= 0.3 is 0 Å². The van der Waals surface area contributed by atoms with Crippen molar-refractivity contribution in [2.24, 2.45) is 0 Å². The molecule has 0 aliphatic heterocycles. The average Bonchev–Trinajstić information content (AvgIpc) is 2.42. The summed E-state index contributed by atoms with van der Waals surface area (Å²) in [5.41, 5.74) is 10.3. The first-order chi connectivity index (χ1) is 9.49. The molecule has 0 fully saturated rings. The number of aromatic nitrogens is 2. The van der Waals surface area contributed by atoms with Crippen LogP contribution < -0.4 is 5.73 Å². The van der Waals surface area contributed by atoms with Crippen molar-refractivity contribution in [1.29, 1.82) is 0 Å². The van der Waals surface area contributed by atoms with Crippen molar-refractivity contribution in [1.82, 2.24) is 9.97 Å². The number of benzene rings is 1. The van der Waals surface area contributed by atoms with Crippen LogP contribution in [0, 0.1) is 20.8 Å². The van der Waals surface area contributed by atoms with Gasteiger partial charge in [0.05, 0.1) is 6.10 Å². The Morgan fingerprint density at radius 2 is 1.75 bits per heavy atom. The molecule has 0 aliphatic carbocycles. The van der Waals surface area contributed by atoms with E-state index >= 15 is 0 Å². The number of aliphatic hydroxyl groups excluding tert-OH is 1.